The second-order valence-corrected chi connectivity index (χ2v) is 5.93. The minimum atomic E-state index is -1.23. The Morgan fingerprint density at radius 3 is 2.50 bits per heavy atom. The number of ether oxygens (including phenoxy) is 3. The van der Waals surface area contributed by atoms with Crippen LogP contribution in [0.15, 0.2) is 0 Å². The van der Waals surface area contributed by atoms with Crippen LogP contribution in [0.1, 0.15) is 20.8 Å². The molecule has 0 saturated carbocycles. The van der Waals surface area contributed by atoms with Gasteiger partial charge in [-0.15, -0.1) is 0 Å². The van der Waals surface area contributed by atoms with Crippen molar-refractivity contribution in [2.45, 2.75) is 38.5 Å². The van der Waals surface area contributed by atoms with Gasteiger partial charge >= 0.3 is 12.1 Å². The zero-order valence-corrected chi connectivity index (χ0v) is 12.0. The molecule has 3 unspecified atom stereocenters. The van der Waals surface area contributed by atoms with Crippen molar-refractivity contribution in [3.63, 3.8) is 0 Å². The maximum Gasteiger partial charge on any atom is 0.411 e. The fraction of sp³-hybridized carbons (Fsp3) is 0.769. The van der Waals surface area contributed by atoms with Gasteiger partial charge in [-0.25, -0.2) is 9.59 Å². The summed E-state index contributed by atoms with van der Waals surface area (Å²) < 4.78 is 15.1. The maximum absolute atomic E-state index is 12.3. The number of carbonyl (C=O) groups is 3. The Morgan fingerprint density at radius 2 is 1.95 bits per heavy atom. The Balaban J connectivity index is 2.28. The highest BCUT2D eigenvalue weighted by Gasteiger charge is 2.57. The topological polar surface area (TPSA) is 82.1 Å². The molecule has 1 amide bonds. The van der Waals surface area contributed by atoms with Gasteiger partial charge in [0.15, 0.2) is 11.8 Å². The van der Waals surface area contributed by atoms with Crippen LogP contribution in [0.25, 0.3) is 0 Å². The van der Waals surface area contributed by atoms with Crippen LogP contribution in [-0.2, 0) is 23.8 Å². The number of hydrogen-bond donors (Lipinski definition) is 0. The first-order valence-corrected chi connectivity index (χ1v) is 6.47. The van der Waals surface area contributed by atoms with Crippen molar-refractivity contribution in [1.82, 2.24) is 4.90 Å². The number of likely N-dealkylation sites (tertiary alicyclic amines) is 1. The van der Waals surface area contributed by atoms with Crippen LogP contribution in [-0.4, -0.2) is 60.8 Å². The molecule has 0 N–H and O–H groups in total. The first-order valence-electron chi connectivity index (χ1n) is 6.47. The molecule has 2 rings (SSSR count). The molecule has 0 spiro atoms. The Labute approximate surface area is 117 Å². The third kappa shape index (κ3) is 2.49. The lowest BCUT2D eigenvalue weighted by atomic mass is 10.0. The molecule has 7 nitrogen and oxygen atoms in total. The highest BCUT2D eigenvalue weighted by atomic mass is 16.6. The summed E-state index contributed by atoms with van der Waals surface area (Å²) in [6, 6.07) is -1.69. The van der Waals surface area contributed by atoms with Gasteiger partial charge in [-0.2, -0.15) is 0 Å². The standard InChI is InChI=1S/C13H19NO6/c1-13(2,3)20-12(17)14-8-6-19-5-7(8)10(15)9(14)11(16)18-4/h7-9H,5-6H2,1-4H3. The monoisotopic (exact) mass is 285 g/mol. The van der Waals surface area contributed by atoms with Crippen molar-refractivity contribution in [2.75, 3.05) is 20.3 Å². The minimum Gasteiger partial charge on any atom is -0.467 e. The van der Waals surface area contributed by atoms with Gasteiger partial charge in [0.2, 0.25) is 0 Å². The minimum absolute atomic E-state index is 0.219. The predicted octanol–water partition coefficient (Wildman–Crippen LogP) is 0.363. The Hall–Kier alpha value is -1.63. The van der Waals surface area contributed by atoms with Crippen molar-refractivity contribution < 1.29 is 28.6 Å². The van der Waals surface area contributed by atoms with Crippen LogP contribution in [0.4, 0.5) is 4.79 Å². The average Bonchev–Trinajstić information content (AvgIpc) is 2.88. The fourth-order valence-corrected chi connectivity index (χ4v) is 2.52. The van der Waals surface area contributed by atoms with Crippen molar-refractivity contribution in [3.8, 4) is 0 Å². The lowest BCUT2D eigenvalue weighted by molar-refractivity contribution is -0.149. The van der Waals surface area contributed by atoms with E-state index in [9.17, 15) is 14.4 Å². The van der Waals surface area contributed by atoms with E-state index in [2.05, 4.69) is 4.74 Å². The van der Waals surface area contributed by atoms with Crippen LogP contribution < -0.4 is 0 Å². The Kier molecular flexibility index (Phi) is 3.73. The number of fused-ring (bicyclic) bond motifs is 1. The molecule has 2 aliphatic rings. The van der Waals surface area contributed by atoms with Gasteiger partial charge in [0.1, 0.15) is 5.60 Å². The first-order chi connectivity index (χ1) is 9.26. The molecule has 3 atom stereocenters. The van der Waals surface area contributed by atoms with Gasteiger partial charge in [0.05, 0.1) is 32.3 Å². The number of amides is 1. The second kappa shape index (κ2) is 5.05. The highest BCUT2D eigenvalue weighted by Crippen LogP contribution is 2.33. The molecule has 0 aromatic rings. The number of esters is 1. The summed E-state index contributed by atoms with van der Waals surface area (Å²) in [5, 5.41) is 0. The fourth-order valence-electron chi connectivity index (χ4n) is 2.52. The van der Waals surface area contributed by atoms with Gasteiger partial charge in [0.25, 0.3) is 0 Å². The smallest absolute Gasteiger partial charge is 0.411 e. The average molecular weight is 285 g/mol. The van der Waals surface area contributed by atoms with Crippen LogP contribution in [0.5, 0.6) is 0 Å². The van der Waals surface area contributed by atoms with Crippen LogP contribution in [0, 0.1) is 5.92 Å². The van der Waals surface area contributed by atoms with Gasteiger partial charge in [-0.1, -0.05) is 0 Å². The van der Waals surface area contributed by atoms with Crippen molar-refractivity contribution in [3.05, 3.63) is 0 Å². The zero-order valence-electron chi connectivity index (χ0n) is 12.0. The van der Waals surface area contributed by atoms with E-state index in [1.807, 2.05) is 0 Å². The number of hydrogen-bond acceptors (Lipinski definition) is 6. The number of ketones is 1. The van der Waals surface area contributed by atoms with E-state index in [0.29, 0.717) is 0 Å². The molecule has 0 aromatic carbocycles. The lowest BCUT2D eigenvalue weighted by Gasteiger charge is -2.29. The molecule has 2 aliphatic heterocycles. The SMILES string of the molecule is COC(=O)C1C(=O)C2COCC2N1C(=O)OC(C)(C)C. The van der Waals surface area contributed by atoms with Gasteiger partial charge in [-0.3, -0.25) is 9.69 Å². The van der Waals surface area contributed by atoms with Crippen molar-refractivity contribution in [2.24, 2.45) is 5.92 Å². The number of carbonyl (C=O) groups excluding carboxylic acids is 3. The summed E-state index contributed by atoms with van der Waals surface area (Å²) in [7, 11) is 1.19. The second-order valence-electron chi connectivity index (χ2n) is 5.93. The van der Waals surface area contributed by atoms with E-state index in [0.717, 1.165) is 4.90 Å². The summed E-state index contributed by atoms with van der Waals surface area (Å²) in [5.41, 5.74) is -0.710. The van der Waals surface area contributed by atoms with E-state index in [4.69, 9.17) is 9.47 Å². The largest absolute Gasteiger partial charge is 0.467 e. The number of nitrogens with zero attached hydrogens (tertiary/aromatic N) is 1. The zero-order chi connectivity index (χ0) is 15.1. The third-order valence-corrected chi connectivity index (χ3v) is 3.35. The van der Waals surface area contributed by atoms with Gasteiger partial charge in [0, 0.05) is 0 Å². The summed E-state index contributed by atoms with van der Waals surface area (Å²) in [6.07, 6.45) is -0.695. The Bertz CT molecular complexity index is 441. The van der Waals surface area contributed by atoms with E-state index >= 15 is 0 Å². The van der Waals surface area contributed by atoms with Crippen LogP contribution in [0.3, 0.4) is 0 Å². The molecule has 2 fully saturated rings. The Morgan fingerprint density at radius 1 is 1.30 bits per heavy atom. The quantitative estimate of drug-likeness (QED) is 0.511. The van der Waals surface area contributed by atoms with Gasteiger partial charge < -0.3 is 14.2 Å². The first kappa shape index (κ1) is 14.8. The van der Waals surface area contributed by atoms with Crippen LogP contribution >= 0.6 is 0 Å². The van der Waals surface area contributed by atoms with E-state index in [-0.39, 0.29) is 19.0 Å². The molecule has 2 saturated heterocycles. The molecule has 2 heterocycles. The predicted molar refractivity (Wildman–Crippen MR) is 67.0 cm³/mol. The number of methoxy groups -OCH3 is 1. The number of rotatable bonds is 1. The third-order valence-electron chi connectivity index (χ3n) is 3.35. The molecule has 0 aromatic heterocycles. The van der Waals surface area contributed by atoms with E-state index < -0.39 is 35.7 Å². The summed E-state index contributed by atoms with van der Waals surface area (Å²) >= 11 is 0. The molecule has 0 bridgehead atoms. The summed E-state index contributed by atoms with van der Waals surface area (Å²) in [5.74, 6) is -1.56. The molecular weight excluding hydrogens is 266 g/mol. The van der Waals surface area contributed by atoms with E-state index in [1.165, 1.54) is 7.11 Å². The summed E-state index contributed by atoms with van der Waals surface area (Å²) in [4.78, 5) is 37.5. The molecule has 0 radical (unpaired) electrons. The molecule has 112 valence electrons. The molecule has 7 heteroatoms. The molecule has 20 heavy (non-hydrogen) atoms. The molecule has 0 aliphatic carbocycles. The normalized spacial score (nSPS) is 29.3. The lowest BCUT2D eigenvalue weighted by Crippen LogP contribution is -2.50. The number of Topliss-reactive ketones (excluding diaryl/α,β-unsaturated/α-hetero) is 1. The van der Waals surface area contributed by atoms with Crippen LogP contribution in [0.2, 0.25) is 0 Å². The molecular formula is C13H19NO6. The van der Waals surface area contributed by atoms with Crippen molar-refractivity contribution >= 4 is 17.8 Å². The van der Waals surface area contributed by atoms with Crippen molar-refractivity contribution in [1.29, 1.82) is 0 Å². The van der Waals surface area contributed by atoms with E-state index in [1.54, 1.807) is 20.8 Å². The van der Waals surface area contributed by atoms with Gasteiger partial charge in [-0.05, 0) is 20.8 Å². The maximum atomic E-state index is 12.3. The highest BCUT2D eigenvalue weighted by molar-refractivity contribution is 6.09. The summed E-state index contributed by atoms with van der Waals surface area (Å²) in [6.45, 7) is 5.61.